The third-order valence-corrected chi connectivity index (χ3v) is 3.28. The Kier molecular flexibility index (Phi) is 5.09. The number of hydrogen-bond acceptors (Lipinski definition) is 2. The molecule has 0 saturated heterocycles. The second kappa shape index (κ2) is 6.12. The number of likely N-dealkylation sites (N-methyl/N-ethyl adjacent to an activating group) is 1. The summed E-state index contributed by atoms with van der Waals surface area (Å²) in [4.78, 5) is 0. The molecule has 0 spiro atoms. The van der Waals surface area contributed by atoms with Gasteiger partial charge in [0.2, 0.25) is 0 Å². The van der Waals surface area contributed by atoms with Gasteiger partial charge in [0.05, 0.1) is 11.6 Å². The van der Waals surface area contributed by atoms with Crippen LogP contribution in [-0.2, 0) is 4.74 Å². The van der Waals surface area contributed by atoms with Crippen LogP contribution in [0.3, 0.4) is 0 Å². The van der Waals surface area contributed by atoms with Gasteiger partial charge in [-0.05, 0) is 45.0 Å². The highest BCUT2D eigenvalue weighted by atomic mass is 19.1. The van der Waals surface area contributed by atoms with Gasteiger partial charge < -0.3 is 10.1 Å². The summed E-state index contributed by atoms with van der Waals surface area (Å²) in [6, 6.07) is 6.66. The van der Waals surface area contributed by atoms with Crippen LogP contribution in [0.2, 0.25) is 0 Å². The quantitative estimate of drug-likeness (QED) is 0.822. The Balaban J connectivity index is 3.00. The zero-order valence-electron chi connectivity index (χ0n) is 11.1. The lowest BCUT2D eigenvalue weighted by molar-refractivity contribution is -0.0547. The van der Waals surface area contributed by atoms with Crippen LogP contribution in [0.4, 0.5) is 4.39 Å². The first-order chi connectivity index (χ1) is 8.07. The van der Waals surface area contributed by atoms with Gasteiger partial charge in [-0.15, -0.1) is 0 Å². The average molecular weight is 239 g/mol. The third-order valence-electron chi connectivity index (χ3n) is 3.28. The van der Waals surface area contributed by atoms with Crippen molar-refractivity contribution in [2.24, 2.45) is 0 Å². The highest BCUT2D eigenvalue weighted by molar-refractivity contribution is 5.22. The van der Waals surface area contributed by atoms with Crippen molar-refractivity contribution in [2.45, 2.75) is 38.8 Å². The Morgan fingerprint density at radius 3 is 2.29 bits per heavy atom. The van der Waals surface area contributed by atoms with E-state index in [0.717, 1.165) is 12.0 Å². The minimum atomic E-state index is -0.276. The van der Waals surface area contributed by atoms with E-state index in [-0.39, 0.29) is 17.5 Å². The summed E-state index contributed by atoms with van der Waals surface area (Å²) in [7, 11) is 1.90. The van der Waals surface area contributed by atoms with Gasteiger partial charge in [-0.2, -0.15) is 0 Å². The van der Waals surface area contributed by atoms with Crippen LogP contribution in [0.1, 0.15) is 38.8 Å². The summed E-state index contributed by atoms with van der Waals surface area (Å²) in [6.45, 7) is 6.85. The Morgan fingerprint density at radius 1 is 1.29 bits per heavy atom. The topological polar surface area (TPSA) is 21.3 Å². The second-order valence-electron chi connectivity index (χ2n) is 4.37. The number of halogens is 1. The number of hydrogen-bond donors (Lipinski definition) is 1. The zero-order chi connectivity index (χ0) is 12.9. The smallest absolute Gasteiger partial charge is 0.123 e. The molecule has 1 aromatic rings. The molecule has 0 aliphatic heterocycles. The van der Waals surface area contributed by atoms with Gasteiger partial charge in [0, 0.05) is 6.61 Å². The monoisotopic (exact) mass is 239 g/mol. The molecule has 0 fully saturated rings. The normalized spacial score (nSPS) is 16.5. The Morgan fingerprint density at radius 2 is 1.88 bits per heavy atom. The van der Waals surface area contributed by atoms with Gasteiger partial charge in [0.15, 0.2) is 0 Å². The van der Waals surface area contributed by atoms with E-state index in [1.807, 2.05) is 26.1 Å². The van der Waals surface area contributed by atoms with Crippen molar-refractivity contribution >= 4 is 0 Å². The van der Waals surface area contributed by atoms with E-state index >= 15 is 0 Å². The van der Waals surface area contributed by atoms with Gasteiger partial charge in [0.25, 0.3) is 0 Å². The minimum absolute atomic E-state index is 0.0630. The molecule has 0 bridgehead atoms. The van der Waals surface area contributed by atoms with E-state index in [1.165, 1.54) is 12.1 Å². The molecule has 0 aromatic heterocycles. The van der Waals surface area contributed by atoms with Gasteiger partial charge in [0.1, 0.15) is 5.82 Å². The van der Waals surface area contributed by atoms with Crippen molar-refractivity contribution in [3.05, 3.63) is 35.6 Å². The molecule has 1 rings (SSSR count). The maximum Gasteiger partial charge on any atom is 0.123 e. The molecule has 2 nitrogen and oxygen atoms in total. The Labute approximate surface area is 103 Å². The highest BCUT2D eigenvalue weighted by Gasteiger charge is 2.33. The molecule has 3 heteroatoms. The first-order valence-corrected chi connectivity index (χ1v) is 6.14. The predicted molar refractivity (Wildman–Crippen MR) is 68.5 cm³/mol. The van der Waals surface area contributed by atoms with Gasteiger partial charge >= 0.3 is 0 Å². The van der Waals surface area contributed by atoms with Crippen molar-refractivity contribution in [1.29, 1.82) is 0 Å². The fourth-order valence-electron chi connectivity index (χ4n) is 2.20. The van der Waals surface area contributed by atoms with Gasteiger partial charge in [-0.3, -0.25) is 0 Å². The zero-order valence-corrected chi connectivity index (χ0v) is 11.1. The summed E-state index contributed by atoms with van der Waals surface area (Å²) < 4.78 is 18.8. The van der Waals surface area contributed by atoms with Crippen LogP contribution in [0, 0.1) is 5.82 Å². The standard InChI is InChI=1S/C14H22FNO/c1-5-14(3,17-6-2)13(16-4)11-7-9-12(15)10-8-11/h7-10,13,16H,5-6H2,1-4H3. The average Bonchev–Trinajstić information content (AvgIpc) is 2.33. The maximum atomic E-state index is 12.9. The lowest BCUT2D eigenvalue weighted by atomic mass is 9.87. The lowest BCUT2D eigenvalue weighted by Crippen LogP contribution is -2.42. The Hall–Kier alpha value is -0.930. The van der Waals surface area contributed by atoms with Crippen molar-refractivity contribution in [2.75, 3.05) is 13.7 Å². The minimum Gasteiger partial charge on any atom is -0.374 e. The fourth-order valence-corrected chi connectivity index (χ4v) is 2.20. The van der Waals surface area contributed by atoms with E-state index in [4.69, 9.17) is 4.74 Å². The lowest BCUT2D eigenvalue weighted by Gasteiger charge is -2.37. The number of nitrogens with one attached hydrogen (secondary N) is 1. The molecule has 0 radical (unpaired) electrons. The van der Waals surface area contributed by atoms with Crippen LogP contribution in [0.15, 0.2) is 24.3 Å². The number of ether oxygens (including phenoxy) is 1. The van der Waals surface area contributed by atoms with Crippen molar-refractivity contribution in [1.82, 2.24) is 5.32 Å². The molecule has 0 amide bonds. The maximum absolute atomic E-state index is 12.9. The number of benzene rings is 1. The van der Waals surface area contributed by atoms with Crippen LogP contribution in [0.25, 0.3) is 0 Å². The van der Waals surface area contributed by atoms with E-state index in [9.17, 15) is 4.39 Å². The first-order valence-electron chi connectivity index (χ1n) is 6.14. The van der Waals surface area contributed by atoms with Crippen LogP contribution in [0.5, 0.6) is 0 Å². The summed E-state index contributed by atoms with van der Waals surface area (Å²) in [5, 5.41) is 3.27. The molecule has 96 valence electrons. The van der Waals surface area contributed by atoms with E-state index < -0.39 is 0 Å². The first kappa shape index (κ1) is 14.1. The van der Waals surface area contributed by atoms with Gasteiger partial charge in [-0.25, -0.2) is 4.39 Å². The van der Waals surface area contributed by atoms with Crippen LogP contribution >= 0.6 is 0 Å². The van der Waals surface area contributed by atoms with Gasteiger partial charge in [-0.1, -0.05) is 19.1 Å². The number of rotatable bonds is 6. The largest absolute Gasteiger partial charge is 0.374 e. The molecule has 2 atom stereocenters. The summed E-state index contributed by atoms with van der Waals surface area (Å²) >= 11 is 0. The van der Waals surface area contributed by atoms with E-state index in [0.29, 0.717) is 6.61 Å². The second-order valence-corrected chi connectivity index (χ2v) is 4.37. The SMILES string of the molecule is CCOC(C)(CC)C(NC)c1ccc(F)cc1. The van der Waals surface area contributed by atoms with E-state index in [2.05, 4.69) is 19.2 Å². The Bertz CT molecular complexity index is 339. The van der Waals surface area contributed by atoms with Crippen molar-refractivity contribution in [3.63, 3.8) is 0 Å². The highest BCUT2D eigenvalue weighted by Crippen LogP contribution is 2.31. The molecule has 0 heterocycles. The molecular weight excluding hydrogens is 217 g/mol. The third kappa shape index (κ3) is 3.27. The molecule has 0 aliphatic rings. The molecule has 0 aliphatic carbocycles. The fraction of sp³-hybridized carbons (Fsp3) is 0.571. The van der Waals surface area contributed by atoms with E-state index in [1.54, 1.807) is 0 Å². The molecule has 1 N–H and O–H groups in total. The molecule has 2 unspecified atom stereocenters. The molecule has 0 saturated carbocycles. The predicted octanol–water partition coefficient (Wildman–Crippen LogP) is 3.29. The molecule has 1 aromatic carbocycles. The summed E-state index contributed by atoms with van der Waals surface area (Å²) in [6.07, 6.45) is 0.893. The van der Waals surface area contributed by atoms with Crippen molar-refractivity contribution < 1.29 is 9.13 Å². The van der Waals surface area contributed by atoms with Crippen LogP contribution in [-0.4, -0.2) is 19.3 Å². The molecular formula is C14H22FNO. The van der Waals surface area contributed by atoms with Crippen LogP contribution < -0.4 is 5.32 Å². The van der Waals surface area contributed by atoms with Crippen molar-refractivity contribution in [3.8, 4) is 0 Å². The summed E-state index contributed by atoms with van der Waals surface area (Å²) in [5.41, 5.74) is 0.771. The summed E-state index contributed by atoms with van der Waals surface area (Å²) in [5.74, 6) is -0.210. The molecule has 17 heavy (non-hydrogen) atoms.